The van der Waals surface area contributed by atoms with Gasteiger partial charge in [0.25, 0.3) is 0 Å². The van der Waals surface area contributed by atoms with E-state index in [0.717, 1.165) is 44.6 Å². The van der Waals surface area contributed by atoms with Gasteiger partial charge in [-0.05, 0) is 55.1 Å². The van der Waals surface area contributed by atoms with Gasteiger partial charge in [-0.2, -0.15) is 13.2 Å². The molecule has 0 saturated carbocycles. The van der Waals surface area contributed by atoms with E-state index in [1.807, 2.05) is 18.2 Å². The van der Waals surface area contributed by atoms with E-state index in [1.165, 1.54) is 29.8 Å². The number of likely N-dealkylation sites (tertiary alicyclic amines) is 1. The molecule has 10 heteroatoms. The fraction of sp³-hybridized carbons (Fsp3) is 0.321. The van der Waals surface area contributed by atoms with E-state index in [1.54, 1.807) is 18.2 Å². The van der Waals surface area contributed by atoms with E-state index in [-0.39, 0.29) is 23.7 Å². The normalized spacial score (nSPS) is 17.4. The maximum atomic E-state index is 13.3. The van der Waals surface area contributed by atoms with Crippen LogP contribution in [0.3, 0.4) is 0 Å². The third-order valence-corrected chi connectivity index (χ3v) is 7.23. The van der Waals surface area contributed by atoms with Crippen molar-refractivity contribution < 1.29 is 36.2 Å². The standard InChI is InChI=1S/C28H28F3NO5S/c29-28(30,31)38(35)37-25-13-7-12-24(18-25)27(34,23-10-5-2-6-11-23)26(33)36-20-22-14-16-32(17-15-22)19-21-8-3-1-4-9-21/h1-13,18,22,34H,14-17,19-20H2. The molecule has 0 radical (unpaired) electrons. The number of esters is 1. The fourth-order valence-corrected chi connectivity index (χ4v) is 4.81. The van der Waals surface area contributed by atoms with Crippen molar-refractivity contribution in [2.45, 2.75) is 30.5 Å². The predicted octanol–water partition coefficient (Wildman–Crippen LogP) is 4.94. The first-order chi connectivity index (χ1) is 18.2. The maximum absolute atomic E-state index is 13.3. The summed E-state index contributed by atoms with van der Waals surface area (Å²) in [6.45, 7) is 2.63. The second kappa shape index (κ2) is 12.1. The molecule has 1 heterocycles. The van der Waals surface area contributed by atoms with Crippen molar-refractivity contribution in [3.63, 3.8) is 0 Å². The van der Waals surface area contributed by atoms with Gasteiger partial charge in [-0.3, -0.25) is 4.90 Å². The predicted molar refractivity (Wildman–Crippen MR) is 136 cm³/mol. The van der Waals surface area contributed by atoms with Crippen molar-refractivity contribution >= 4 is 17.0 Å². The molecule has 4 rings (SSSR count). The van der Waals surface area contributed by atoms with Gasteiger partial charge in [0.15, 0.2) is 0 Å². The third kappa shape index (κ3) is 6.80. The Balaban J connectivity index is 1.45. The van der Waals surface area contributed by atoms with Crippen molar-refractivity contribution in [1.82, 2.24) is 4.90 Å². The Hall–Kier alpha value is -3.21. The minimum Gasteiger partial charge on any atom is -0.463 e. The van der Waals surface area contributed by atoms with Crippen LogP contribution in [0.25, 0.3) is 0 Å². The molecule has 2 unspecified atom stereocenters. The zero-order valence-corrected chi connectivity index (χ0v) is 21.3. The Kier molecular flexibility index (Phi) is 8.86. The van der Waals surface area contributed by atoms with E-state index < -0.39 is 33.9 Å². The van der Waals surface area contributed by atoms with Crippen LogP contribution in [0, 0.1) is 5.92 Å². The number of alkyl halides is 3. The molecule has 1 aliphatic rings. The van der Waals surface area contributed by atoms with Crippen molar-refractivity contribution in [3.05, 3.63) is 102 Å². The zero-order chi connectivity index (χ0) is 27.2. The summed E-state index contributed by atoms with van der Waals surface area (Å²) < 4.78 is 59.7. The van der Waals surface area contributed by atoms with E-state index in [9.17, 15) is 27.3 Å². The lowest BCUT2D eigenvalue weighted by Gasteiger charge is -2.33. The minimum absolute atomic E-state index is 0.0666. The van der Waals surface area contributed by atoms with Gasteiger partial charge in [0.05, 0.1) is 6.61 Å². The van der Waals surface area contributed by atoms with Crippen molar-refractivity contribution in [2.24, 2.45) is 5.92 Å². The lowest BCUT2D eigenvalue weighted by atomic mass is 9.86. The summed E-state index contributed by atoms with van der Waals surface area (Å²) in [7, 11) is 0. The highest BCUT2D eigenvalue weighted by Gasteiger charge is 2.43. The zero-order valence-electron chi connectivity index (χ0n) is 20.5. The Morgan fingerprint density at radius 2 is 1.53 bits per heavy atom. The van der Waals surface area contributed by atoms with Crippen molar-refractivity contribution in [3.8, 4) is 5.75 Å². The monoisotopic (exact) mass is 547 g/mol. The van der Waals surface area contributed by atoms with Gasteiger partial charge >= 0.3 is 22.6 Å². The maximum Gasteiger partial charge on any atom is 0.508 e. The minimum atomic E-state index is -5.08. The first-order valence-corrected chi connectivity index (χ1v) is 13.2. The molecule has 202 valence electrons. The quantitative estimate of drug-likeness (QED) is 0.383. The molecule has 0 amide bonds. The number of ether oxygens (including phenoxy) is 1. The van der Waals surface area contributed by atoms with Gasteiger partial charge in [-0.25, -0.2) is 9.00 Å². The fourth-order valence-electron chi connectivity index (χ4n) is 4.44. The van der Waals surface area contributed by atoms with Crippen LogP contribution in [0.2, 0.25) is 0 Å². The Morgan fingerprint density at radius 3 is 2.16 bits per heavy atom. The molecular weight excluding hydrogens is 519 g/mol. The van der Waals surface area contributed by atoms with Crippen LogP contribution in [-0.4, -0.2) is 45.4 Å². The number of nitrogens with zero attached hydrogens (tertiary/aromatic N) is 1. The lowest BCUT2D eigenvalue weighted by Crippen LogP contribution is -2.40. The molecule has 1 fully saturated rings. The number of hydrogen-bond donors (Lipinski definition) is 1. The lowest BCUT2D eigenvalue weighted by molar-refractivity contribution is -0.164. The average Bonchev–Trinajstić information content (AvgIpc) is 2.92. The van der Waals surface area contributed by atoms with Gasteiger partial charge < -0.3 is 14.0 Å². The number of halogens is 3. The number of aliphatic hydroxyl groups is 1. The summed E-state index contributed by atoms with van der Waals surface area (Å²) in [6.07, 6.45) is 1.63. The van der Waals surface area contributed by atoms with Gasteiger partial charge in [0, 0.05) is 12.1 Å². The Labute approximate surface area is 221 Å². The smallest absolute Gasteiger partial charge is 0.463 e. The Bertz CT molecular complexity index is 1230. The summed E-state index contributed by atoms with van der Waals surface area (Å²) in [5.74, 6) is -1.26. The van der Waals surface area contributed by atoms with Gasteiger partial charge in [0.1, 0.15) is 5.75 Å². The molecule has 0 aromatic heterocycles. The topological polar surface area (TPSA) is 76.1 Å². The molecule has 6 nitrogen and oxygen atoms in total. The van der Waals surface area contributed by atoms with Crippen LogP contribution in [-0.2, 0) is 32.8 Å². The summed E-state index contributed by atoms with van der Waals surface area (Å²) in [4.78, 5) is 15.7. The molecule has 0 spiro atoms. The third-order valence-electron chi connectivity index (χ3n) is 6.51. The second-order valence-corrected chi connectivity index (χ2v) is 10.3. The van der Waals surface area contributed by atoms with Gasteiger partial charge in [-0.15, -0.1) is 0 Å². The van der Waals surface area contributed by atoms with Gasteiger partial charge in [0.2, 0.25) is 5.60 Å². The highest BCUT2D eigenvalue weighted by atomic mass is 32.2. The molecule has 2 atom stereocenters. The molecule has 1 saturated heterocycles. The molecule has 3 aromatic carbocycles. The largest absolute Gasteiger partial charge is 0.508 e. The second-order valence-electron chi connectivity index (χ2n) is 9.17. The van der Waals surface area contributed by atoms with Gasteiger partial charge in [-0.1, -0.05) is 72.8 Å². The van der Waals surface area contributed by atoms with Crippen LogP contribution in [0.1, 0.15) is 29.5 Å². The summed E-state index contributed by atoms with van der Waals surface area (Å²) >= 11 is -3.60. The number of hydrogen-bond acceptors (Lipinski definition) is 6. The van der Waals surface area contributed by atoms with E-state index >= 15 is 0 Å². The Morgan fingerprint density at radius 1 is 0.921 bits per heavy atom. The number of carbonyl (C=O) groups excluding carboxylic acids is 1. The molecular formula is C28H28F3NO5S. The van der Waals surface area contributed by atoms with Crippen LogP contribution >= 0.6 is 0 Å². The van der Waals surface area contributed by atoms with Crippen molar-refractivity contribution in [2.75, 3.05) is 19.7 Å². The molecule has 1 aliphatic heterocycles. The molecule has 38 heavy (non-hydrogen) atoms. The number of rotatable bonds is 9. The molecule has 0 aliphatic carbocycles. The highest BCUT2D eigenvalue weighted by Crippen LogP contribution is 2.34. The molecule has 0 bridgehead atoms. The first kappa shape index (κ1) is 27.8. The van der Waals surface area contributed by atoms with Crippen LogP contribution in [0.5, 0.6) is 5.75 Å². The van der Waals surface area contributed by atoms with Crippen molar-refractivity contribution in [1.29, 1.82) is 0 Å². The van der Waals surface area contributed by atoms with Crippen LogP contribution in [0.4, 0.5) is 13.2 Å². The summed E-state index contributed by atoms with van der Waals surface area (Å²) in [6, 6.07) is 23.0. The number of piperidine rings is 1. The molecule has 1 N–H and O–H groups in total. The first-order valence-electron chi connectivity index (χ1n) is 12.1. The summed E-state index contributed by atoms with van der Waals surface area (Å²) in [5, 5.41) is 11.6. The average molecular weight is 548 g/mol. The van der Waals surface area contributed by atoms with E-state index in [4.69, 9.17) is 4.74 Å². The van der Waals surface area contributed by atoms with Crippen LogP contribution < -0.4 is 4.18 Å². The summed E-state index contributed by atoms with van der Waals surface area (Å²) in [5.41, 5.74) is -6.05. The van der Waals surface area contributed by atoms with E-state index in [2.05, 4.69) is 21.2 Å². The number of benzene rings is 3. The van der Waals surface area contributed by atoms with Crippen LogP contribution in [0.15, 0.2) is 84.9 Å². The van der Waals surface area contributed by atoms with E-state index in [0.29, 0.717) is 0 Å². The number of carbonyl (C=O) groups is 1. The molecule has 3 aromatic rings. The SMILES string of the molecule is O=C(OCC1CCN(Cc2ccccc2)CC1)C(O)(c1ccccc1)c1cccc(OS(=O)C(F)(F)F)c1. The highest BCUT2D eigenvalue weighted by molar-refractivity contribution is 7.81.